The SMILES string of the molecule is O=C(Cn1nc(C(F)F)c2c1C(F)(F)C1CC21)N[C@@H](Cc1cc(F)cc(F)c1)c1ncccc1-c1ccc(NC(=O)N2CCCC2)cc1. The van der Waals surface area contributed by atoms with Crippen molar-refractivity contribution in [2.75, 3.05) is 18.4 Å². The Kier molecular flexibility index (Phi) is 8.12. The molecule has 2 aromatic heterocycles. The monoisotopic (exact) mass is 668 g/mol. The molecule has 1 saturated carbocycles. The molecule has 0 spiro atoms. The van der Waals surface area contributed by atoms with Gasteiger partial charge in [0.25, 0.3) is 12.3 Å². The Balaban J connectivity index is 1.18. The molecule has 14 heteroatoms. The van der Waals surface area contributed by atoms with Crippen LogP contribution < -0.4 is 10.6 Å². The van der Waals surface area contributed by atoms with Crippen LogP contribution in [0.25, 0.3) is 11.1 Å². The topological polar surface area (TPSA) is 92.1 Å². The highest BCUT2D eigenvalue weighted by atomic mass is 19.3. The maximum atomic E-state index is 15.1. The molecule has 3 aliphatic rings. The average Bonchev–Trinajstić information content (AvgIpc) is 3.36. The highest BCUT2D eigenvalue weighted by Crippen LogP contribution is 2.68. The van der Waals surface area contributed by atoms with Crippen LogP contribution in [0.5, 0.6) is 0 Å². The highest BCUT2D eigenvalue weighted by molar-refractivity contribution is 5.90. The number of nitrogens with one attached hydrogen (secondary N) is 2. The zero-order valence-corrected chi connectivity index (χ0v) is 25.4. The lowest BCUT2D eigenvalue weighted by Gasteiger charge is -2.22. The molecule has 0 bridgehead atoms. The minimum Gasteiger partial charge on any atom is -0.346 e. The highest BCUT2D eigenvalue weighted by Gasteiger charge is 2.67. The Morgan fingerprint density at radius 1 is 0.979 bits per heavy atom. The van der Waals surface area contributed by atoms with Gasteiger partial charge in [0.2, 0.25) is 5.91 Å². The molecule has 1 saturated heterocycles. The standard InChI is InChI=1S/C34H30F6N6O2/c35-20-12-18(13-21(36)15-20)14-26(43-27(47)17-46-31-28(30(44-46)32(37)38)24-16-25(24)34(31,39)40)29-23(4-3-9-41-29)19-5-7-22(8-6-19)42-33(48)45-10-1-2-11-45/h3-9,12-13,15,24-26,32H,1-2,10-11,14,16-17H2,(H,42,48)(H,43,47)/t24?,25?,26-/m0/s1. The minimum atomic E-state index is -3.41. The summed E-state index contributed by atoms with van der Waals surface area (Å²) >= 11 is 0. The Bertz CT molecular complexity index is 1850. The van der Waals surface area contributed by atoms with Gasteiger partial charge in [0, 0.05) is 48.1 Å². The molecule has 48 heavy (non-hydrogen) atoms. The van der Waals surface area contributed by atoms with Crippen molar-refractivity contribution in [3.8, 4) is 11.1 Å². The first kappa shape index (κ1) is 31.7. The summed E-state index contributed by atoms with van der Waals surface area (Å²) in [4.78, 5) is 32.2. The van der Waals surface area contributed by atoms with Crippen LogP contribution in [0.15, 0.2) is 60.8 Å². The van der Waals surface area contributed by atoms with E-state index in [-0.39, 0.29) is 30.0 Å². The van der Waals surface area contributed by atoms with Crippen molar-refractivity contribution in [2.45, 2.75) is 56.5 Å². The molecule has 3 amide bonds. The van der Waals surface area contributed by atoms with Crippen LogP contribution in [0, 0.1) is 17.6 Å². The lowest BCUT2D eigenvalue weighted by atomic mass is 9.95. The second-order valence-electron chi connectivity index (χ2n) is 12.4. The van der Waals surface area contributed by atoms with Gasteiger partial charge in [0.1, 0.15) is 29.6 Å². The number of likely N-dealkylation sites (tertiary alicyclic amines) is 1. The summed E-state index contributed by atoms with van der Waals surface area (Å²) in [6.07, 6.45) is 0.211. The molecule has 250 valence electrons. The normalized spacial score (nSPS) is 19.6. The van der Waals surface area contributed by atoms with E-state index < -0.39 is 65.7 Å². The average molecular weight is 669 g/mol. The van der Waals surface area contributed by atoms with Crippen LogP contribution in [0.2, 0.25) is 0 Å². The number of aromatic nitrogens is 3. The third kappa shape index (κ3) is 5.99. The number of hydrogen-bond acceptors (Lipinski definition) is 4. The van der Waals surface area contributed by atoms with Crippen LogP contribution in [0.4, 0.5) is 36.8 Å². The van der Waals surface area contributed by atoms with Crippen LogP contribution in [-0.4, -0.2) is 44.7 Å². The molecule has 1 aliphatic heterocycles. The van der Waals surface area contributed by atoms with E-state index in [1.807, 2.05) is 0 Å². The first-order chi connectivity index (χ1) is 23.0. The third-order valence-electron chi connectivity index (χ3n) is 9.17. The number of carbonyl (C=O) groups excluding carboxylic acids is 2. The summed E-state index contributed by atoms with van der Waals surface area (Å²) in [5, 5.41) is 9.32. The quantitative estimate of drug-likeness (QED) is 0.186. The summed E-state index contributed by atoms with van der Waals surface area (Å²) in [7, 11) is 0. The van der Waals surface area contributed by atoms with Gasteiger partial charge in [0.15, 0.2) is 0 Å². The number of rotatable bonds is 9. The van der Waals surface area contributed by atoms with Gasteiger partial charge >= 0.3 is 6.03 Å². The number of amides is 3. The summed E-state index contributed by atoms with van der Waals surface area (Å²) in [5.74, 6) is -7.74. The number of pyridine rings is 1. The third-order valence-corrected chi connectivity index (χ3v) is 9.17. The molecule has 2 aromatic carbocycles. The number of hydrogen-bond donors (Lipinski definition) is 2. The van der Waals surface area contributed by atoms with E-state index in [9.17, 15) is 27.2 Å². The predicted molar refractivity (Wildman–Crippen MR) is 162 cm³/mol. The second-order valence-corrected chi connectivity index (χ2v) is 12.4. The van der Waals surface area contributed by atoms with Crippen LogP contribution in [0.3, 0.4) is 0 Å². The van der Waals surface area contributed by atoms with E-state index in [2.05, 4.69) is 20.7 Å². The lowest BCUT2D eigenvalue weighted by Crippen LogP contribution is -2.35. The molecule has 2 unspecified atom stereocenters. The van der Waals surface area contributed by atoms with Crippen LogP contribution in [-0.2, 0) is 23.7 Å². The molecule has 0 radical (unpaired) electrons. The van der Waals surface area contributed by atoms with E-state index in [1.54, 1.807) is 41.3 Å². The van der Waals surface area contributed by atoms with Gasteiger partial charge in [-0.15, -0.1) is 0 Å². The van der Waals surface area contributed by atoms with Crippen molar-refractivity contribution in [3.63, 3.8) is 0 Å². The number of fused-ring (bicyclic) bond motifs is 3. The minimum absolute atomic E-state index is 0.0815. The Labute approximate surface area is 271 Å². The maximum Gasteiger partial charge on any atom is 0.321 e. The van der Waals surface area contributed by atoms with E-state index >= 15 is 8.78 Å². The van der Waals surface area contributed by atoms with E-state index in [0.29, 0.717) is 46.3 Å². The van der Waals surface area contributed by atoms with Crippen molar-refractivity contribution in [3.05, 3.63) is 101 Å². The van der Waals surface area contributed by atoms with E-state index in [1.165, 1.54) is 6.20 Å². The van der Waals surface area contributed by atoms with Crippen molar-refractivity contribution < 1.29 is 35.9 Å². The van der Waals surface area contributed by atoms with E-state index in [0.717, 1.165) is 25.0 Å². The molecule has 7 rings (SSSR count). The Morgan fingerprint density at radius 2 is 1.69 bits per heavy atom. The van der Waals surface area contributed by atoms with Crippen molar-refractivity contribution in [1.82, 2.24) is 25.0 Å². The van der Waals surface area contributed by atoms with Crippen molar-refractivity contribution >= 4 is 17.6 Å². The van der Waals surface area contributed by atoms with Gasteiger partial charge in [0.05, 0.1) is 11.7 Å². The zero-order chi connectivity index (χ0) is 33.7. The summed E-state index contributed by atoms with van der Waals surface area (Å²) in [5.41, 5.74) is 0.624. The molecule has 2 aliphatic carbocycles. The molecule has 8 nitrogen and oxygen atoms in total. The van der Waals surface area contributed by atoms with Crippen LogP contribution >= 0.6 is 0 Å². The van der Waals surface area contributed by atoms with Crippen LogP contribution in [0.1, 0.15) is 65.9 Å². The second kappa shape index (κ2) is 12.3. The summed E-state index contributed by atoms with van der Waals surface area (Å²) < 4.78 is 86.9. The van der Waals surface area contributed by atoms with Gasteiger partial charge in [-0.05, 0) is 73.1 Å². The summed E-state index contributed by atoms with van der Waals surface area (Å²) in [6.45, 7) is 0.585. The van der Waals surface area contributed by atoms with Gasteiger partial charge < -0.3 is 15.5 Å². The first-order valence-electron chi connectivity index (χ1n) is 15.6. The fourth-order valence-corrected chi connectivity index (χ4v) is 6.93. The number of anilines is 1. The lowest BCUT2D eigenvalue weighted by molar-refractivity contribution is -0.123. The number of urea groups is 1. The molecular formula is C34H30F6N6O2. The smallest absolute Gasteiger partial charge is 0.321 e. The maximum absolute atomic E-state index is 15.1. The fraction of sp³-hybridized carbons (Fsp3) is 0.353. The number of benzene rings is 2. The molecule has 3 heterocycles. The van der Waals surface area contributed by atoms with Crippen molar-refractivity contribution in [1.29, 1.82) is 0 Å². The Hall–Kier alpha value is -4.88. The van der Waals surface area contributed by atoms with E-state index in [4.69, 9.17) is 0 Å². The van der Waals surface area contributed by atoms with Crippen molar-refractivity contribution in [2.24, 2.45) is 5.92 Å². The molecule has 2 fully saturated rings. The van der Waals surface area contributed by atoms with Gasteiger partial charge in [-0.3, -0.25) is 14.5 Å². The van der Waals surface area contributed by atoms with Gasteiger partial charge in [-0.2, -0.15) is 13.9 Å². The van der Waals surface area contributed by atoms with Gasteiger partial charge in [-0.25, -0.2) is 22.4 Å². The fourth-order valence-electron chi connectivity index (χ4n) is 6.93. The largest absolute Gasteiger partial charge is 0.346 e. The number of alkyl halides is 4. The molecule has 4 aromatic rings. The molecular weight excluding hydrogens is 638 g/mol. The Morgan fingerprint density at radius 3 is 2.38 bits per heavy atom. The zero-order valence-electron chi connectivity index (χ0n) is 25.4. The van der Waals surface area contributed by atoms with Gasteiger partial charge in [-0.1, -0.05) is 18.2 Å². The number of carbonyl (C=O) groups is 2. The molecule has 2 N–H and O–H groups in total. The number of nitrogens with zero attached hydrogens (tertiary/aromatic N) is 4. The number of halogens is 6. The predicted octanol–water partition coefficient (Wildman–Crippen LogP) is 7.10. The molecule has 3 atom stereocenters. The first-order valence-corrected chi connectivity index (χ1v) is 15.6. The summed E-state index contributed by atoms with van der Waals surface area (Å²) in [6, 6.07) is 12.0.